The molecule has 1 aliphatic heterocycles. The van der Waals surface area contributed by atoms with E-state index in [2.05, 4.69) is 25.7 Å². The number of nitrogens with zero attached hydrogens (tertiary/aromatic N) is 1. The van der Waals surface area contributed by atoms with Gasteiger partial charge < -0.3 is 0 Å². The van der Waals surface area contributed by atoms with E-state index in [-0.39, 0.29) is 0 Å². The van der Waals surface area contributed by atoms with Crippen molar-refractivity contribution in [1.29, 1.82) is 0 Å². The quantitative estimate of drug-likeness (QED) is 0.641. The zero-order valence-corrected chi connectivity index (χ0v) is 15.8. The molecule has 0 spiro atoms. The van der Waals surface area contributed by atoms with Gasteiger partial charge in [0.05, 0.1) is 0 Å². The largest absolute Gasteiger partial charge is 0.297 e. The van der Waals surface area contributed by atoms with E-state index >= 15 is 0 Å². The van der Waals surface area contributed by atoms with Crippen LogP contribution in [0.5, 0.6) is 0 Å². The lowest BCUT2D eigenvalue weighted by Gasteiger charge is -2.49. The van der Waals surface area contributed by atoms with Crippen molar-refractivity contribution in [2.45, 2.75) is 97.1 Å². The van der Waals surface area contributed by atoms with Gasteiger partial charge >= 0.3 is 0 Å². The molecule has 4 aliphatic rings. The highest BCUT2D eigenvalue weighted by Gasteiger charge is 2.46. The van der Waals surface area contributed by atoms with Gasteiger partial charge in [-0.15, -0.1) is 0 Å². The molecule has 1 heteroatoms. The number of piperidine rings is 1. The molecule has 0 amide bonds. The Morgan fingerprint density at radius 1 is 0.783 bits per heavy atom. The van der Waals surface area contributed by atoms with Gasteiger partial charge in [-0.2, -0.15) is 0 Å². The minimum atomic E-state index is 0.914. The summed E-state index contributed by atoms with van der Waals surface area (Å²) >= 11 is 0. The summed E-state index contributed by atoms with van der Waals surface area (Å²) in [5.41, 5.74) is 0. The van der Waals surface area contributed by atoms with Crippen LogP contribution < -0.4 is 0 Å². The summed E-state index contributed by atoms with van der Waals surface area (Å²) in [6.07, 6.45) is 15.4. The second-order valence-corrected chi connectivity index (χ2v) is 9.72. The second kappa shape index (κ2) is 6.70. The second-order valence-electron chi connectivity index (χ2n) is 9.72. The molecule has 0 bridgehead atoms. The van der Waals surface area contributed by atoms with Gasteiger partial charge in [-0.05, 0) is 99.8 Å². The van der Waals surface area contributed by atoms with E-state index in [0.717, 1.165) is 47.6 Å². The summed E-state index contributed by atoms with van der Waals surface area (Å²) in [4.78, 5) is 2.99. The van der Waals surface area contributed by atoms with E-state index in [4.69, 9.17) is 0 Å². The predicted molar refractivity (Wildman–Crippen MR) is 98.4 cm³/mol. The number of hydrogen-bond donors (Lipinski definition) is 0. The monoisotopic (exact) mass is 317 g/mol. The Morgan fingerprint density at radius 3 is 2.26 bits per heavy atom. The molecule has 3 aliphatic carbocycles. The molecule has 0 aromatic rings. The first-order valence-corrected chi connectivity index (χ1v) is 10.9. The van der Waals surface area contributed by atoms with E-state index in [1.54, 1.807) is 32.1 Å². The molecular weight excluding hydrogens is 278 g/mol. The third-order valence-electron chi connectivity index (χ3n) is 8.58. The molecule has 132 valence electrons. The first kappa shape index (κ1) is 16.4. The van der Waals surface area contributed by atoms with Crippen LogP contribution in [0.25, 0.3) is 0 Å². The number of likely N-dealkylation sites (tertiary alicyclic amines) is 1. The van der Waals surface area contributed by atoms with Gasteiger partial charge in [0.15, 0.2) is 0 Å². The Hall–Kier alpha value is -0.0400. The van der Waals surface area contributed by atoms with Crippen molar-refractivity contribution in [3.8, 4) is 0 Å². The normalized spacial score (nSPS) is 47.7. The third kappa shape index (κ3) is 2.90. The smallest absolute Gasteiger partial charge is 0.0127 e. The highest BCUT2D eigenvalue weighted by molar-refractivity contribution is 4.99. The fourth-order valence-corrected chi connectivity index (χ4v) is 7.55. The van der Waals surface area contributed by atoms with Crippen molar-refractivity contribution in [3.05, 3.63) is 0 Å². The molecule has 0 aromatic carbocycles. The van der Waals surface area contributed by atoms with Crippen molar-refractivity contribution in [2.24, 2.45) is 35.5 Å². The van der Waals surface area contributed by atoms with Gasteiger partial charge in [-0.3, -0.25) is 4.90 Å². The lowest BCUT2D eigenvalue weighted by atomic mass is 9.67. The highest BCUT2D eigenvalue weighted by Crippen LogP contribution is 2.52. The maximum atomic E-state index is 2.99. The van der Waals surface area contributed by atoms with Crippen molar-refractivity contribution in [2.75, 3.05) is 6.54 Å². The van der Waals surface area contributed by atoms with Gasteiger partial charge in [-0.25, -0.2) is 0 Å². The van der Waals surface area contributed by atoms with E-state index in [0.29, 0.717) is 0 Å². The van der Waals surface area contributed by atoms with E-state index in [1.807, 2.05) is 0 Å². The molecule has 7 atom stereocenters. The topological polar surface area (TPSA) is 3.24 Å². The molecule has 3 saturated carbocycles. The average Bonchev–Trinajstić information content (AvgIpc) is 3.19. The van der Waals surface area contributed by atoms with Crippen LogP contribution in [0.4, 0.5) is 0 Å². The molecule has 23 heavy (non-hydrogen) atoms. The first-order valence-electron chi connectivity index (χ1n) is 10.9. The van der Waals surface area contributed by atoms with Crippen molar-refractivity contribution in [3.63, 3.8) is 0 Å². The van der Waals surface area contributed by atoms with Gasteiger partial charge in [0.25, 0.3) is 0 Å². The van der Waals surface area contributed by atoms with Crippen LogP contribution in [0.3, 0.4) is 0 Å². The Morgan fingerprint density at radius 2 is 1.48 bits per heavy atom. The predicted octanol–water partition coefficient (Wildman–Crippen LogP) is 5.74. The van der Waals surface area contributed by atoms with Crippen LogP contribution in [0.15, 0.2) is 0 Å². The third-order valence-corrected chi connectivity index (χ3v) is 8.58. The van der Waals surface area contributed by atoms with E-state index in [9.17, 15) is 0 Å². The molecular formula is C22H39N. The van der Waals surface area contributed by atoms with Crippen LogP contribution in [-0.4, -0.2) is 23.5 Å². The molecule has 1 saturated heterocycles. The molecule has 1 heterocycles. The Bertz CT molecular complexity index is 403. The van der Waals surface area contributed by atoms with Gasteiger partial charge in [-0.1, -0.05) is 27.2 Å². The van der Waals surface area contributed by atoms with E-state index < -0.39 is 0 Å². The van der Waals surface area contributed by atoms with Crippen LogP contribution in [0.1, 0.15) is 85.0 Å². The van der Waals surface area contributed by atoms with Gasteiger partial charge in [0, 0.05) is 12.1 Å². The summed E-state index contributed by atoms with van der Waals surface area (Å²) in [7, 11) is 0. The van der Waals surface area contributed by atoms with Gasteiger partial charge in [0.1, 0.15) is 0 Å². The summed E-state index contributed by atoms with van der Waals surface area (Å²) in [5, 5.41) is 0. The van der Waals surface area contributed by atoms with Crippen LogP contribution in [0.2, 0.25) is 0 Å². The minimum Gasteiger partial charge on any atom is -0.297 e. The zero-order chi connectivity index (χ0) is 16.0. The lowest BCUT2D eigenvalue weighted by Crippen LogP contribution is -2.53. The SMILES string of the molecule is CCN1C2CCCC2CCC1C1CCC2CCC(C(C)C)C2C1. The Balaban J connectivity index is 1.47. The summed E-state index contributed by atoms with van der Waals surface area (Å²) in [6, 6.07) is 1.90. The van der Waals surface area contributed by atoms with Gasteiger partial charge in [0.2, 0.25) is 0 Å². The molecule has 0 radical (unpaired) electrons. The summed E-state index contributed by atoms with van der Waals surface area (Å²) in [6.45, 7) is 8.72. The number of fused-ring (bicyclic) bond motifs is 2. The molecule has 7 unspecified atom stereocenters. The van der Waals surface area contributed by atoms with E-state index in [1.165, 1.54) is 38.6 Å². The lowest BCUT2D eigenvalue weighted by molar-refractivity contribution is -0.000235. The van der Waals surface area contributed by atoms with Crippen molar-refractivity contribution < 1.29 is 0 Å². The molecule has 0 N–H and O–H groups in total. The van der Waals surface area contributed by atoms with Crippen molar-refractivity contribution in [1.82, 2.24) is 4.90 Å². The molecule has 4 rings (SSSR count). The maximum absolute atomic E-state index is 2.99. The Labute approximate surface area is 144 Å². The maximum Gasteiger partial charge on any atom is 0.0127 e. The van der Waals surface area contributed by atoms with Crippen LogP contribution >= 0.6 is 0 Å². The molecule has 4 fully saturated rings. The highest BCUT2D eigenvalue weighted by atomic mass is 15.2. The average molecular weight is 318 g/mol. The summed E-state index contributed by atoms with van der Waals surface area (Å²) < 4.78 is 0. The fraction of sp³-hybridized carbons (Fsp3) is 1.00. The first-order chi connectivity index (χ1) is 11.2. The standard InChI is InChI=1S/C22H39N/c1-4-23-21-7-5-6-17(21)11-13-22(23)18-9-8-16-10-12-19(15(2)3)20(16)14-18/h15-22H,4-14H2,1-3H3. The zero-order valence-electron chi connectivity index (χ0n) is 15.8. The molecule has 1 nitrogen and oxygen atoms in total. The fourth-order valence-electron chi connectivity index (χ4n) is 7.55. The van der Waals surface area contributed by atoms with Crippen LogP contribution in [-0.2, 0) is 0 Å². The Kier molecular flexibility index (Phi) is 4.78. The van der Waals surface area contributed by atoms with Crippen LogP contribution in [0, 0.1) is 35.5 Å². The number of hydrogen-bond acceptors (Lipinski definition) is 1. The molecule has 0 aromatic heterocycles. The minimum absolute atomic E-state index is 0.914. The number of rotatable bonds is 3. The van der Waals surface area contributed by atoms with Crippen molar-refractivity contribution >= 4 is 0 Å². The summed E-state index contributed by atoms with van der Waals surface area (Å²) in [5.74, 6) is 6.21.